The summed E-state index contributed by atoms with van der Waals surface area (Å²) in [6.07, 6.45) is 0. The minimum Gasteiger partial charge on any atom is -0.497 e. The first-order valence-corrected chi connectivity index (χ1v) is 9.56. The summed E-state index contributed by atoms with van der Waals surface area (Å²) in [5, 5.41) is 10.9. The number of ether oxygens (including phenoxy) is 2. The lowest BCUT2D eigenvalue weighted by Gasteiger charge is -2.08. The molecule has 0 unspecified atom stereocenters. The van der Waals surface area contributed by atoms with Crippen LogP contribution in [-0.2, 0) is 11.3 Å². The van der Waals surface area contributed by atoms with E-state index in [9.17, 15) is 9.59 Å². The second-order valence-corrected chi connectivity index (χ2v) is 6.65. The van der Waals surface area contributed by atoms with Crippen LogP contribution in [0, 0.1) is 0 Å². The Balaban J connectivity index is 1.51. The van der Waals surface area contributed by atoms with Gasteiger partial charge >= 0.3 is 0 Å². The van der Waals surface area contributed by atoms with Gasteiger partial charge in [0, 0.05) is 23.4 Å². The Hall–Kier alpha value is -4.47. The molecule has 2 aromatic heterocycles. The monoisotopic (exact) mass is 433 g/mol. The molecular weight excluding hydrogens is 414 g/mol. The number of amides is 1. The molecule has 10 heteroatoms. The molecule has 10 nitrogen and oxygen atoms in total. The quantitative estimate of drug-likeness (QED) is 0.472. The minimum absolute atomic E-state index is 0.123. The molecule has 0 spiro atoms. The molecule has 0 saturated carbocycles. The van der Waals surface area contributed by atoms with Crippen molar-refractivity contribution in [2.45, 2.75) is 6.54 Å². The maximum absolute atomic E-state index is 12.4. The van der Waals surface area contributed by atoms with Crippen LogP contribution in [0.5, 0.6) is 11.5 Å². The van der Waals surface area contributed by atoms with Gasteiger partial charge in [0.15, 0.2) is 0 Å². The summed E-state index contributed by atoms with van der Waals surface area (Å²) in [6, 6.07) is 16.8. The van der Waals surface area contributed by atoms with Crippen molar-refractivity contribution >= 4 is 11.6 Å². The molecule has 2 aromatic carbocycles. The Morgan fingerprint density at radius 1 is 1.03 bits per heavy atom. The SMILES string of the molecule is COc1ccc(-c2noc(-c3ccc(=O)n(CC(=O)Nc4cccc(OC)c4)n3)n2)cc1. The topological polar surface area (TPSA) is 121 Å². The smallest absolute Gasteiger partial charge is 0.278 e. The molecule has 0 bridgehead atoms. The van der Waals surface area contributed by atoms with Crippen molar-refractivity contribution in [2.75, 3.05) is 19.5 Å². The Kier molecular flexibility index (Phi) is 5.93. The van der Waals surface area contributed by atoms with Crippen LogP contribution in [0.1, 0.15) is 0 Å². The van der Waals surface area contributed by atoms with Crippen molar-refractivity contribution in [2.24, 2.45) is 0 Å². The fraction of sp³-hybridized carbons (Fsp3) is 0.136. The highest BCUT2D eigenvalue weighted by Crippen LogP contribution is 2.22. The molecule has 32 heavy (non-hydrogen) atoms. The molecule has 0 aliphatic heterocycles. The molecule has 0 aliphatic carbocycles. The van der Waals surface area contributed by atoms with E-state index >= 15 is 0 Å². The fourth-order valence-corrected chi connectivity index (χ4v) is 2.90. The Morgan fingerprint density at radius 3 is 2.56 bits per heavy atom. The second kappa shape index (κ2) is 9.13. The van der Waals surface area contributed by atoms with E-state index in [4.69, 9.17) is 14.0 Å². The predicted octanol–water partition coefficient (Wildman–Crippen LogP) is 2.62. The number of hydrogen-bond donors (Lipinski definition) is 1. The lowest BCUT2D eigenvalue weighted by Crippen LogP contribution is -2.29. The van der Waals surface area contributed by atoms with E-state index in [0.717, 1.165) is 10.2 Å². The first-order chi connectivity index (χ1) is 15.6. The molecule has 0 saturated heterocycles. The molecule has 0 fully saturated rings. The predicted molar refractivity (Wildman–Crippen MR) is 115 cm³/mol. The molecule has 4 aromatic rings. The normalized spacial score (nSPS) is 10.6. The van der Waals surface area contributed by atoms with Crippen molar-refractivity contribution < 1.29 is 18.8 Å². The number of anilines is 1. The Labute approximate surface area is 182 Å². The molecule has 4 rings (SSSR count). The fourth-order valence-electron chi connectivity index (χ4n) is 2.90. The first-order valence-electron chi connectivity index (χ1n) is 9.56. The van der Waals surface area contributed by atoms with E-state index in [1.165, 1.54) is 19.2 Å². The molecule has 1 N–H and O–H groups in total. The van der Waals surface area contributed by atoms with Crippen LogP contribution in [-0.4, -0.2) is 40.0 Å². The number of benzene rings is 2. The van der Waals surface area contributed by atoms with Gasteiger partial charge in [-0.25, -0.2) is 4.68 Å². The maximum atomic E-state index is 12.4. The van der Waals surface area contributed by atoms with Crippen molar-refractivity contribution in [3.8, 4) is 34.5 Å². The van der Waals surface area contributed by atoms with Gasteiger partial charge in [-0.1, -0.05) is 11.2 Å². The molecule has 0 atom stereocenters. The van der Waals surface area contributed by atoms with Gasteiger partial charge in [-0.2, -0.15) is 10.1 Å². The number of hydrogen-bond acceptors (Lipinski definition) is 8. The van der Waals surface area contributed by atoms with E-state index in [1.807, 2.05) is 0 Å². The van der Waals surface area contributed by atoms with Gasteiger partial charge in [-0.3, -0.25) is 9.59 Å². The van der Waals surface area contributed by atoms with Crippen molar-refractivity contribution in [1.82, 2.24) is 19.9 Å². The minimum atomic E-state index is -0.440. The van der Waals surface area contributed by atoms with Crippen LogP contribution in [0.2, 0.25) is 0 Å². The van der Waals surface area contributed by atoms with E-state index in [2.05, 4.69) is 20.6 Å². The van der Waals surface area contributed by atoms with Crippen LogP contribution < -0.4 is 20.3 Å². The van der Waals surface area contributed by atoms with Crippen molar-refractivity contribution in [3.05, 3.63) is 71.0 Å². The van der Waals surface area contributed by atoms with Crippen LogP contribution in [0.25, 0.3) is 23.0 Å². The molecule has 2 heterocycles. The number of carbonyl (C=O) groups excluding carboxylic acids is 1. The molecule has 0 radical (unpaired) electrons. The van der Waals surface area contributed by atoms with Gasteiger partial charge in [-0.05, 0) is 42.5 Å². The van der Waals surface area contributed by atoms with Gasteiger partial charge in [0.2, 0.25) is 11.7 Å². The third-order valence-electron chi connectivity index (χ3n) is 4.51. The molecule has 1 amide bonds. The highest BCUT2D eigenvalue weighted by Gasteiger charge is 2.15. The average molecular weight is 433 g/mol. The lowest BCUT2D eigenvalue weighted by molar-refractivity contribution is -0.117. The van der Waals surface area contributed by atoms with Gasteiger partial charge in [0.1, 0.15) is 23.7 Å². The van der Waals surface area contributed by atoms with Crippen molar-refractivity contribution in [3.63, 3.8) is 0 Å². The lowest BCUT2D eigenvalue weighted by atomic mass is 10.2. The van der Waals surface area contributed by atoms with Crippen molar-refractivity contribution in [1.29, 1.82) is 0 Å². The van der Waals surface area contributed by atoms with E-state index in [0.29, 0.717) is 23.0 Å². The van der Waals surface area contributed by atoms with Gasteiger partial charge in [0.05, 0.1) is 14.2 Å². The van der Waals surface area contributed by atoms with E-state index in [-0.39, 0.29) is 18.1 Å². The number of rotatable bonds is 7. The summed E-state index contributed by atoms with van der Waals surface area (Å²) in [5.41, 5.74) is 1.10. The zero-order chi connectivity index (χ0) is 22.5. The standard InChI is InChI=1S/C22H19N5O5/c1-30-16-8-6-14(7-9-16)21-24-22(32-26-21)18-10-11-20(29)27(25-18)13-19(28)23-15-4-3-5-17(12-15)31-2/h3-12H,13H2,1-2H3,(H,23,28). The van der Waals surface area contributed by atoms with Crippen LogP contribution in [0.15, 0.2) is 70.0 Å². The third kappa shape index (κ3) is 4.64. The summed E-state index contributed by atoms with van der Waals surface area (Å²) in [4.78, 5) is 28.9. The number of methoxy groups -OCH3 is 2. The highest BCUT2D eigenvalue weighted by molar-refractivity contribution is 5.90. The zero-order valence-electron chi connectivity index (χ0n) is 17.3. The summed E-state index contributed by atoms with van der Waals surface area (Å²) < 4.78 is 16.6. The molecular formula is C22H19N5O5. The maximum Gasteiger partial charge on any atom is 0.278 e. The average Bonchev–Trinajstić information content (AvgIpc) is 3.31. The van der Waals surface area contributed by atoms with Gasteiger partial charge in [-0.15, -0.1) is 0 Å². The van der Waals surface area contributed by atoms with Crippen LogP contribution in [0.4, 0.5) is 5.69 Å². The summed E-state index contributed by atoms with van der Waals surface area (Å²) in [5.74, 6) is 1.37. The number of aromatic nitrogens is 4. The second-order valence-electron chi connectivity index (χ2n) is 6.65. The summed E-state index contributed by atoms with van der Waals surface area (Å²) in [6.45, 7) is -0.288. The largest absolute Gasteiger partial charge is 0.497 e. The van der Waals surface area contributed by atoms with Crippen LogP contribution in [0.3, 0.4) is 0 Å². The molecule has 162 valence electrons. The molecule has 0 aliphatic rings. The Bertz CT molecular complexity index is 1300. The first kappa shape index (κ1) is 20.8. The Morgan fingerprint density at radius 2 is 1.81 bits per heavy atom. The highest BCUT2D eigenvalue weighted by atomic mass is 16.5. The summed E-state index contributed by atoms with van der Waals surface area (Å²) in [7, 11) is 3.12. The summed E-state index contributed by atoms with van der Waals surface area (Å²) >= 11 is 0. The number of nitrogens with one attached hydrogen (secondary N) is 1. The third-order valence-corrected chi connectivity index (χ3v) is 4.51. The zero-order valence-corrected chi connectivity index (χ0v) is 17.3. The van der Waals surface area contributed by atoms with Crippen LogP contribution >= 0.6 is 0 Å². The van der Waals surface area contributed by atoms with E-state index < -0.39 is 11.5 Å². The van der Waals surface area contributed by atoms with Gasteiger partial charge in [0.25, 0.3) is 11.4 Å². The number of nitrogens with zero attached hydrogens (tertiary/aromatic N) is 4. The van der Waals surface area contributed by atoms with Gasteiger partial charge < -0.3 is 19.3 Å². The van der Waals surface area contributed by atoms with E-state index in [1.54, 1.807) is 55.6 Å². The number of carbonyl (C=O) groups is 1.